The Morgan fingerprint density at radius 3 is 2.69 bits per heavy atom. The van der Waals surface area contributed by atoms with Gasteiger partial charge in [-0.2, -0.15) is 0 Å². The van der Waals surface area contributed by atoms with E-state index in [0.29, 0.717) is 42.1 Å². The molecule has 6 nitrogen and oxygen atoms in total. The Balaban J connectivity index is 1.77. The SMILES string of the molecule is COc1cccc(/C=C2\Oc3c4c(cc(C)c3C2=O)OCN(C(C)C)C4)c1OC. The number of carbonyl (C=O) groups excluding carboxylic acids is 1. The van der Waals surface area contributed by atoms with Crippen LogP contribution in [0.25, 0.3) is 6.08 Å². The first-order valence-corrected chi connectivity index (χ1v) is 9.63. The minimum absolute atomic E-state index is 0.133. The summed E-state index contributed by atoms with van der Waals surface area (Å²) in [5, 5.41) is 0. The van der Waals surface area contributed by atoms with Crippen molar-refractivity contribution in [3.63, 3.8) is 0 Å². The molecule has 0 amide bonds. The van der Waals surface area contributed by atoms with E-state index < -0.39 is 0 Å². The van der Waals surface area contributed by atoms with Gasteiger partial charge in [-0.05, 0) is 44.5 Å². The zero-order valence-corrected chi connectivity index (χ0v) is 17.4. The molecular weight excluding hydrogens is 370 g/mol. The second-order valence-corrected chi connectivity index (χ2v) is 7.51. The van der Waals surface area contributed by atoms with Crippen LogP contribution in [0, 0.1) is 6.92 Å². The van der Waals surface area contributed by atoms with Crippen LogP contribution in [-0.4, -0.2) is 37.7 Å². The molecule has 0 aromatic heterocycles. The minimum Gasteiger partial charge on any atom is -0.493 e. The molecule has 2 aliphatic rings. The Hall–Kier alpha value is -2.99. The summed E-state index contributed by atoms with van der Waals surface area (Å²) >= 11 is 0. The van der Waals surface area contributed by atoms with Crippen molar-refractivity contribution in [3.05, 3.63) is 52.3 Å². The van der Waals surface area contributed by atoms with Gasteiger partial charge >= 0.3 is 0 Å². The van der Waals surface area contributed by atoms with E-state index in [0.717, 1.165) is 22.4 Å². The maximum atomic E-state index is 13.2. The number of hydrogen-bond acceptors (Lipinski definition) is 6. The molecule has 2 aromatic carbocycles. The van der Waals surface area contributed by atoms with Gasteiger partial charge in [0, 0.05) is 18.2 Å². The number of methoxy groups -OCH3 is 2. The van der Waals surface area contributed by atoms with Crippen molar-refractivity contribution >= 4 is 11.9 Å². The van der Waals surface area contributed by atoms with Gasteiger partial charge in [0.05, 0.1) is 25.3 Å². The summed E-state index contributed by atoms with van der Waals surface area (Å²) in [5.41, 5.74) is 3.09. The number of benzene rings is 2. The van der Waals surface area contributed by atoms with Gasteiger partial charge < -0.3 is 18.9 Å². The quantitative estimate of drug-likeness (QED) is 0.724. The number of ether oxygens (including phenoxy) is 4. The van der Waals surface area contributed by atoms with Crippen LogP contribution in [-0.2, 0) is 6.54 Å². The second-order valence-electron chi connectivity index (χ2n) is 7.51. The molecule has 29 heavy (non-hydrogen) atoms. The number of para-hydroxylation sites is 1. The van der Waals surface area contributed by atoms with E-state index >= 15 is 0 Å². The van der Waals surface area contributed by atoms with Crippen molar-refractivity contribution in [1.82, 2.24) is 4.90 Å². The molecule has 4 rings (SSSR count). The van der Waals surface area contributed by atoms with Crippen molar-refractivity contribution in [2.45, 2.75) is 33.4 Å². The van der Waals surface area contributed by atoms with Crippen LogP contribution in [0.1, 0.15) is 40.9 Å². The van der Waals surface area contributed by atoms with Crippen molar-refractivity contribution in [1.29, 1.82) is 0 Å². The number of rotatable bonds is 4. The highest BCUT2D eigenvalue weighted by molar-refractivity contribution is 6.16. The maximum Gasteiger partial charge on any atom is 0.232 e. The number of allylic oxidation sites excluding steroid dienone is 1. The number of aryl methyl sites for hydroxylation is 1. The molecule has 0 N–H and O–H groups in total. The molecule has 0 atom stereocenters. The van der Waals surface area contributed by atoms with Crippen LogP contribution in [0.2, 0.25) is 0 Å². The third-order valence-corrected chi connectivity index (χ3v) is 5.40. The van der Waals surface area contributed by atoms with E-state index in [1.54, 1.807) is 20.3 Å². The van der Waals surface area contributed by atoms with Crippen LogP contribution in [0.15, 0.2) is 30.0 Å². The standard InChI is InChI=1S/C23H25NO5/c1-13(2)24-11-16-18(28-12-24)9-14(3)20-21(25)19(29-23(16)20)10-15-7-6-8-17(26-4)22(15)27-5/h6-10,13H,11-12H2,1-5H3/b19-10-. The lowest BCUT2D eigenvalue weighted by molar-refractivity contribution is 0.0673. The minimum atomic E-state index is -0.133. The highest BCUT2D eigenvalue weighted by Crippen LogP contribution is 2.44. The maximum absolute atomic E-state index is 13.2. The normalized spacial score (nSPS) is 17.0. The van der Waals surface area contributed by atoms with Crippen molar-refractivity contribution < 1.29 is 23.7 Å². The zero-order valence-electron chi connectivity index (χ0n) is 17.4. The Bertz CT molecular complexity index is 1010. The summed E-state index contributed by atoms with van der Waals surface area (Å²) in [5.74, 6) is 2.67. The predicted molar refractivity (Wildman–Crippen MR) is 110 cm³/mol. The van der Waals surface area contributed by atoms with Crippen LogP contribution in [0.5, 0.6) is 23.0 Å². The van der Waals surface area contributed by atoms with Gasteiger partial charge in [-0.25, -0.2) is 0 Å². The first-order valence-electron chi connectivity index (χ1n) is 9.63. The fourth-order valence-electron chi connectivity index (χ4n) is 3.75. The summed E-state index contributed by atoms with van der Waals surface area (Å²) in [7, 11) is 3.16. The molecule has 2 aromatic rings. The first kappa shape index (κ1) is 19.3. The van der Waals surface area contributed by atoms with Gasteiger partial charge in [0.1, 0.15) is 18.2 Å². The number of hydrogen-bond donors (Lipinski definition) is 0. The van der Waals surface area contributed by atoms with Crippen LogP contribution < -0.4 is 18.9 Å². The monoisotopic (exact) mass is 395 g/mol. The highest BCUT2D eigenvalue weighted by atomic mass is 16.5. The van der Waals surface area contributed by atoms with Gasteiger partial charge in [-0.15, -0.1) is 0 Å². The molecule has 2 heterocycles. The number of ketones is 1. The zero-order chi connectivity index (χ0) is 20.7. The Morgan fingerprint density at radius 1 is 1.21 bits per heavy atom. The molecule has 152 valence electrons. The number of carbonyl (C=O) groups is 1. The fourth-order valence-corrected chi connectivity index (χ4v) is 3.75. The topological polar surface area (TPSA) is 57.2 Å². The van der Waals surface area contributed by atoms with E-state index in [1.807, 2.05) is 31.2 Å². The fraction of sp³-hybridized carbons (Fsp3) is 0.348. The lowest BCUT2D eigenvalue weighted by atomic mass is 9.98. The second kappa shape index (κ2) is 7.44. The van der Waals surface area contributed by atoms with E-state index in [9.17, 15) is 4.79 Å². The van der Waals surface area contributed by atoms with Crippen LogP contribution >= 0.6 is 0 Å². The molecule has 0 saturated heterocycles. The van der Waals surface area contributed by atoms with E-state index in [4.69, 9.17) is 18.9 Å². The number of nitrogens with zero attached hydrogens (tertiary/aromatic N) is 1. The molecule has 0 spiro atoms. The van der Waals surface area contributed by atoms with Crippen LogP contribution in [0.3, 0.4) is 0 Å². The molecule has 0 radical (unpaired) electrons. The molecule has 0 bridgehead atoms. The largest absolute Gasteiger partial charge is 0.493 e. The summed E-state index contributed by atoms with van der Waals surface area (Å²) < 4.78 is 22.9. The van der Waals surface area contributed by atoms with Crippen molar-refractivity contribution in [2.24, 2.45) is 0 Å². The lowest BCUT2D eigenvalue weighted by Crippen LogP contribution is -2.37. The average molecular weight is 395 g/mol. The van der Waals surface area contributed by atoms with Gasteiger partial charge in [0.25, 0.3) is 0 Å². The summed E-state index contributed by atoms with van der Waals surface area (Å²) in [6.45, 7) is 7.36. The number of fused-ring (bicyclic) bond motifs is 3. The highest BCUT2D eigenvalue weighted by Gasteiger charge is 2.36. The molecule has 2 aliphatic heterocycles. The summed E-state index contributed by atoms with van der Waals surface area (Å²) in [6, 6.07) is 7.78. The molecular formula is C23H25NO5. The van der Waals surface area contributed by atoms with E-state index in [-0.39, 0.29) is 11.5 Å². The summed E-state index contributed by atoms with van der Waals surface area (Å²) in [6.07, 6.45) is 1.71. The van der Waals surface area contributed by atoms with Gasteiger partial charge in [-0.3, -0.25) is 9.69 Å². The molecule has 0 fully saturated rings. The van der Waals surface area contributed by atoms with Gasteiger partial charge in [0.15, 0.2) is 17.3 Å². The molecule has 0 saturated carbocycles. The van der Waals surface area contributed by atoms with Crippen LogP contribution in [0.4, 0.5) is 0 Å². The van der Waals surface area contributed by atoms with Gasteiger partial charge in [-0.1, -0.05) is 12.1 Å². The Morgan fingerprint density at radius 2 is 2.00 bits per heavy atom. The van der Waals surface area contributed by atoms with E-state index in [2.05, 4.69) is 18.7 Å². The number of Topliss-reactive ketones (excluding diaryl/α,β-unsaturated/α-hetero) is 1. The third kappa shape index (κ3) is 3.23. The average Bonchev–Trinajstić information content (AvgIpc) is 3.04. The third-order valence-electron chi connectivity index (χ3n) is 5.40. The summed E-state index contributed by atoms with van der Waals surface area (Å²) in [4.78, 5) is 15.4. The predicted octanol–water partition coefficient (Wildman–Crippen LogP) is 4.19. The lowest BCUT2D eigenvalue weighted by Gasteiger charge is -2.32. The van der Waals surface area contributed by atoms with E-state index in [1.165, 1.54) is 0 Å². The molecule has 0 unspecified atom stereocenters. The van der Waals surface area contributed by atoms with Crippen molar-refractivity contribution in [3.8, 4) is 23.0 Å². The van der Waals surface area contributed by atoms with Crippen molar-refractivity contribution in [2.75, 3.05) is 21.0 Å². The molecule has 6 heteroatoms. The Kier molecular flexibility index (Phi) is 4.96. The van der Waals surface area contributed by atoms with Gasteiger partial charge in [0.2, 0.25) is 5.78 Å². The molecule has 0 aliphatic carbocycles. The first-order chi connectivity index (χ1) is 13.9. The Labute approximate surface area is 170 Å². The smallest absolute Gasteiger partial charge is 0.232 e.